The second kappa shape index (κ2) is 7.63. The van der Waals surface area contributed by atoms with E-state index in [1.54, 1.807) is 0 Å². The summed E-state index contributed by atoms with van der Waals surface area (Å²) in [5, 5.41) is 6.37. The van der Waals surface area contributed by atoms with Gasteiger partial charge in [0.15, 0.2) is 0 Å². The average molecular weight is 304 g/mol. The highest BCUT2D eigenvalue weighted by Gasteiger charge is 2.16. The van der Waals surface area contributed by atoms with Gasteiger partial charge in [-0.05, 0) is 51.3 Å². The predicted octanol–water partition coefficient (Wildman–Crippen LogP) is 4.46. The molecule has 1 aromatic rings. The van der Waals surface area contributed by atoms with Crippen molar-refractivity contribution in [3.05, 3.63) is 29.8 Å². The number of carbonyl (C=O) groups excluding carboxylic acids is 1. The van der Waals surface area contributed by atoms with Crippen molar-refractivity contribution in [3.8, 4) is 0 Å². The van der Waals surface area contributed by atoms with Crippen molar-refractivity contribution in [3.63, 3.8) is 0 Å². The first-order valence-corrected chi connectivity index (χ1v) is 8.25. The van der Waals surface area contributed by atoms with E-state index in [2.05, 4.69) is 10.6 Å². The summed E-state index contributed by atoms with van der Waals surface area (Å²) < 4.78 is 5.24. The Bertz CT molecular complexity index is 471. The Morgan fingerprint density at radius 3 is 2.36 bits per heavy atom. The maximum atomic E-state index is 11.7. The first-order valence-electron chi connectivity index (χ1n) is 8.25. The molecule has 1 aromatic carbocycles. The molecule has 1 fully saturated rings. The van der Waals surface area contributed by atoms with E-state index >= 15 is 0 Å². The van der Waals surface area contributed by atoms with Crippen LogP contribution in [0.25, 0.3) is 0 Å². The minimum Gasteiger partial charge on any atom is -0.444 e. The Labute approximate surface area is 133 Å². The van der Waals surface area contributed by atoms with Crippen molar-refractivity contribution in [1.29, 1.82) is 0 Å². The van der Waals surface area contributed by atoms with Crippen LogP contribution in [0, 0.1) is 0 Å². The molecule has 0 aliphatic heterocycles. The third-order valence-electron chi connectivity index (χ3n) is 3.80. The predicted molar refractivity (Wildman–Crippen MR) is 90.0 cm³/mol. The molecule has 4 nitrogen and oxygen atoms in total. The number of carbonyl (C=O) groups is 1. The Morgan fingerprint density at radius 2 is 1.77 bits per heavy atom. The van der Waals surface area contributed by atoms with Crippen LogP contribution in [0.3, 0.4) is 0 Å². The first-order chi connectivity index (χ1) is 10.4. The van der Waals surface area contributed by atoms with Crippen LogP contribution in [0.5, 0.6) is 0 Å². The van der Waals surface area contributed by atoms with E-state index in [1.165, 1.54) is 37.7 Å². The fraction of sp³-hybridized carbons (Fsp3) is 0.611. The van der Waals surface area contributed by atoms with Gasteiger partial charge in [0.05, 0.1) is 0 Å². The van der Waals surface area contributed by atoms with Crippen molar-refractivity contribution in [2.24, 2.45) is 0 Å². The molecule has 0 bridgehead atoms. The van der Waals surface area contributed by atoms with Crippen LogP contribution in [-0.4, -0.2) is 17.7 Å². The van der Waals surface area contributed by atoms with Gasteiger partial charge in [-0.1, -0.05) is 31.4 Å². The number of rotatable bonds is 4. The number of amides is 1. The quantitative estimate of drug-likeness (QED) is 0.863. The van der Waals surface area contributed by atoms with E-state index in [0.29, 0.717) is 6.04 Å². The lowest BCUT2D eigenvalue weighted by atomic mass is 9.95. The number of anilines is 1. The van der Waals surface area contributed by atoms with E-state index in [1.807, 2.05) is 45.0 Å². The maximum absolute atomic E-state index is 11.7. The number of hydrogen-bond acceptors (Lipinski definition) is 3. The standard InChI is InChI=1S/C18H28N2O2/c1-18(2,3)22-17(21)20-16-11-9-14(10-12-16)13-19-15-7-5-4-6-8-15/h9-12,15,19H,4-8,13H2,1-3H3,(H,20,21). The molecule has 0 spiro atoms. The van der Waals surface area contributed by atoms with Gasteiger partial charge in [0.2, 0.25) is 0 Å². The molecule has 22 heavy (non-hydrogen) atoms. The molecule has 122 valence electrons. The Morgan fingerprint density at radius 1 is 1.14 bits per heavy atom. The van der Waals surface area contributed by atoms with E-state index in [-0.39, 0.29) is 0 Å². The lowest BCUT2D eigenvalue weighted by molar-refractivity contribution is 0.0636. The Hall–Kier alpha value is -1.55. The molecule has 0 unspecified atom stereocenters. The molecule has 0 aromatic heterocycles. The minimum atomic E-state index is -0.478. The third-order valence-corrected chi connectivity index (χ3v) is 3.80. The molecule has 0 heterocycles. The maximum Gasteiger partial charge on any atom is 0.412 e. The summed E-state index contributed by atoms with van der Waals surface area (Å²) in [6.45, 7) is 6.45. The van der Waals surface area contributed by atoms with Gasteiger partial charge in [0, 0.05) is 18.3 Å². The fourth-order valence-corrected chi connectivity index (χ4v) is 2.70. The fourth-order valence-electron chi connectivity index (χ4n) is 2.70. The molecular weight excluding hydrogens is 276 g/mol. The van der Waals surface area contributed by atoms with Crippen LogP contribution in [0.4, 0.5) is 10.5 Å². The Kier molecular flexibility index (Phi) is 5.83. The van der Waals surface area contributed by atoms with Gasteiger partial charge in [0.1, 0.15) is 5.60 Å². The van der Waals surface area contributed by atoms with E-state index in [9.17, 15) is 4.79 Å². The lowest BCUT2D eigenvalue weighted by Crippen LogP contribution is -2.30. The smallest absolute Gasteiger partial charge is 0.412 e. The van der Waals surface area contributed by atoms with Crippen molar-refractivity contribution in [2.45, 2.75) is 71.1 Å². The van der Waals surface area contributed by atoms with Gasteiger partial charge in [-0.25, -0.2) is 4.79 Å². The highest BCUT2D eigenvalue weighted by Crippen LogP contribution is 2.18. The summed E-state index contributed by atoms with van der Waals surface area (Å²) in [6.07, 6.45) is 6.23. The van der Waals surface area contributed by atoms with Gasteiger partial charge < -0.3 is 10.1 Å². The number of hydrogen-bond donors (Lipinski definition) is 2. The summed E-state index contributed by atoms with van der Waals surface area (Å²) in [6, 6.07) is 8.59. The zero-order valence-corrected chi connectivity index (χ0v) is 13.9. The van der Waals surface area contributed by atoms with Gasteiger partial charge in [-0.15, -0.1) is 0 Å². The third kappa shape index (κ3) is 6.06. The van der Waals surface area contributed by atoms with Gasteiger partial charge >= 0.3 is 6.09 Å². The minimum absolute atomic E-state index is 0.416. The molecule has 4 heteroatoms. The molecule has 2 N–H and O–H groups in total. The second-order valence-corrected chi connectivity index (χ2v) is 7.04. The molecule has 2 rings (SSSR count). The molecule has 0 radical (unpaired) electrons. The van der Waals surface area contributed by atoms with Crippen molar-refractivity contribution >= 4 is 11.8 Å². The van der Waals surface area contributed by atoms with Crippen LogP contribution < -0.4 is 10.6 Å². The molecule has 0 atom stereocenters. The summed E-state index contributed by atoms with van der Waals surface area (Å²) >= 11 is 0. The number of ether oxygens (including phenoxy) is 1. The van der Waals surface area contributed by atoms with Crippen LogP contribution in [0.2, 0.25) is 0 Å². The van der Waals surface area contributed by atoms with Crippen molar-refractivity contribution < 1.29 is 9.53 Å². The molecule has 1 aliphatic carbocycles. The zero-order valence-electron chi connectivity index (χ0n) is 13.9. The van der Waals surface area contributed by atoms with E-state index in [4.69, 9.17) is 4.74 Å². The normalized spacial score (nSPS) is 16.3. The summed E-state index contributed by atoms with van der Waals surface area (Å²) in [5.74, 6) is 0. The summed E-state index contributed by atoms with van der Waals surface area (Å²) in [5.41, 5.74) is 1.52. The highest BCUT2D eigenvalue weighted by molar-refractivity contribution is 5.84. The van der Waals surface area contributed by atoms with Gasteiger partial charge in [-0.3, -0.25) is 5.32 Å². The van der Waals surface area contributed by atoms with Crippen molar-refractivity contribution in [2.75, 3.05) is 5.32 Å². The molecule has 1 amide bonds. The summed E-state index contributed by atoms with van der Waals surface area (Å²) in [4.78, 5) is 11.7. The van der Waals surface area contributed by atoms with Crippen LogP contribution in [-0.2, 0) is 11.3 Å². The van der Waals surface area contributed by atoms with Crippen LogP contribution in [0.1, 0.15) is 58.4 Å². The van der Waals surface area contributed by atoms with E-state index < -0.39 is 11.7 Å². The topological polar surface area (TPSA) is 50.4 Å². The SMILES string of the molecule is CC(C)(C)OC(=O)Nc1ccc(CNC2CCCCC2)cc1. The highest BCUT2D eigenvalue weighted by atomic mass is 16.6. The van der Waals surface area contributed by atoms with Gasteiger partial charge in [-0.2, -0.15) is 0 Å². The first kappa shape index (κ1) is 16.8. The zero-order chi connectivity index (χ0) is 16.0. The largest absolute Gasteiger partial charge is 0.444 e. The lowest BCUT2D eigenvalue weighted by Gasteiger charge is -2.23. The molecule has 1 saturated carbocycles. The molecule has 0 saturated heterocycles. The monoisotopic (exact) mass is 304 g/mol. The van der Waals surface area contributed by atoms with Gasteiger partial charge in [0.25, 0.3) is 0 Å². The molecule has 1 aliphatic rings. The number of nitrogens with one attached hydrogen (secondary N) is 2. The van der Waals surface area contributed by atoms with Crippen LogP contribution in [0.15, 0.2) is 24.3 Å². The van der Waals surface area contributed by atoms with E-state index in [0.717, 1.165) is 12.2 Å². The average Bonchev–Trinajstić information content (AvgIpc) is 2.45. The van der Waals surface area contributed by atoms with Crippen LogP contribution >= 0.6 is 0 Å². The second-order valence-electron chi connectivity index (χ2n) is 7.04. The Balaban J connectivity index is 1.78. The summed E-state index contributed by atoms with van der Waals surface area (Å²) in [7, 11) is 0. The molecular formula is C18H28N2O2. The number of benzene rings is 1. The van der Waals surface area contributed by atoms with Crippen molar-refractivity contribution in [1.82, 2.24) is 5.32 Å².